The Labute approximate surface area is 155 Å². The minimum atomic E-state index is -0.469. The molecule has 1 fully saturated rings. The molecule has 1 aliphatic carbocycles. The summed E-state index contributed by atoms with van der Waals surface area (Å²) in [4.78, 5) is 23.1. The first-order valence-electron chi connectivity index (χ1n) is 8.74. The van der Waals surface area contributed by atoms with Gasteiger partial charge in [-0.15, -0.1) is 0 Å². The van der Waals surface area contributed by atoms with Crippen molar-refractivity contribution in [2.75, 3.05) is 5.32 Å². The molecule has 0 spiro atoms. The smallest absolute Gasteiger partial charge is 0.269 e. The van der Waals surface area contributed by atoms with E-state index in [1.165, 1.54) is 24.3 Å². The van der Waals surface area contributed by atoms with Crippen LogP contribution in [0.4, 0.5) is 11.4 Å². The van der Waals surface area contributed by atoms with Crippen molar-refractivity contribution in [1.82, 2.24) is 9.78 Å². The highest BCUT2D eigenvalue weighted by Gasteiger charge is 2.33. The zero-order chi connectivity index (χ0) is 19.0. The topological polar surface area (TPSA) is 90.1 Å². The Kier molecular flexibility index (Phi) is 4.19. The lowest BCUT2D eigenvalue weighted by molar-refractivity contribution is -0.384. The Bertz CT molecular complexity index is 1020. The van der Waals surface area contributed by atoms with E-state index in [2.05, 4.69) is 10.4 Å². The van der Waals surface area contributed by atoms with E-state index in [9.17, 15) is 14.9 Å². The van der Waals surface area contributed by atoms with Crippen LogP contribution in [-0.2, 0) is 0 Å². The van der Waals surface area contributed by atoms with E-state index in [0.717, 1.165) is 29.8 Å². The van der Waals surface area contributed by atoms with Gasteiger partial charge in [-0.1, -0.05) is 18.2 Å². The van der Waals surface area contributed by atoms with Gasteiger partial charge in [0.15, 0.2) is 0 Å². The van der Waals surface area contributed by atoms with Crippen LogP contribution in [0.1, 0.15) is 40.4 Å². The van der Waals surface area contributed by atoms with Crippen molar-refractivity contribution in [2.24, 2.45) is 0 Å². The number of non-ortho nitro benzene ring substituents is 1. The third kappa shape index (κ3) is 3.31. The predicted octanol–water partition coefficient (Wildman–Crippen LogP) is 4.22. The molecule has 1 N–H and O–H groups in total. The van der Waals surface area contributed by atoms with Gasteiger partial charge in [0.25, 0.3) is 11.6 Å². The molecule has 3 aromatic rings. The number of para-hydroxylation sites is 1. The molecule has 7 heteroatoms. The number of carbonyl (C=O) groups excluding carboxylic acids is 1. The number of anilines is 1. The number of hydrogen-bond acceptors (Lipinski definition) is 4. The Morgan fingerprint density at radius 1 is 1.19 bits per heavy atom. The average Bonchev–Trinajstić information content (AvgIpc) is 3.41. The van der Waals surface area contributed by atoms with Gasteiger partial charge in [-0.2, -0.15) is 5.10 Å². The SMILES string of the molecule is Cc1ccccc1-n1ncc(C(=O)Nc2ccc([N+](=O)[O-])cc2)c1C1CC1. The second-order valence-electron chi connectivity index (χ2n) is 6.67. The number of nitro benzene ring substituents is 1. The standard InChI is InChI=1S/C20H18N4O3/c1-13-4-2-3-5-18(13)23-19(14-6-7-14)17(12-21-23)20(25)22-15-8-10-16(11-9-15)24(26)27/h2-5,8-12,14H,6-7H2,1H3,(H,22,25). The first-order valence-corrected chi connectivity index (χ1v) is 8.74. The van der Waals surface area contributed by atoms with Crippen LogP contribution in [0.25, 0.3) is 5.69 Å². The Balaban J connectivity index is 1.65. The largest absolute Gasteiger partial charge is 0.322 e. The highest BCUT2D eigenvalue weighted by atomic mass is 16.6. The molecule has 0 aliphatic heterocycles. The van der Waals surface area contributed by atoms with Crippen molar-refractivity contribution in [2.45, 2.75) is 25.7 Å². The molecule has 1 amide bonds. The number of nitrogens with one attached hydrogen (secondary N) is 1. The van der Waals surface area contributed by atoms with Crippen molar-refractivity contribution in [1.29, 1.82) is 0 Å². The van der Waals surface area contributed by atoms with E-state index < -0.39 is 4.92 Å². The number of rotatable bonds is 5. The first kappa shape index (κ1) is 17.0. The van der Waals surface area contributed by atoms with Gasteiger partial charge in [0.05, 0.1) is 28.1 Å². The third-order valence-electron chi connectivity index (χ3n) is 4.69. The highest BCUT2D eigenvalue weighted by molar-refractivity contribution is 6.05. The predicted molar refractivity (Wildman–Crippen MR) is 101 cm³/mol. The molecule has 0 unspecified atom stereocenters. The molecule has 1 aromatic heterocycles. The molecule has 1 saturated carbocycles. The second-order valence-corrected chi connectivity index (χ2v) is 6.67. The van der Waals surface area contributed by atoms with E-state index in [-0.39, 0.29) is 11.6 Å². The molecular formula is C20H18N4O3. The van der Waals surface area contributed by atoms with Crippen LogP contribution >= 0.6 is 0 Å². The summed E-state index contributed by atoms with van der Waals surface area (Å²) in [5, 5.41) is 18.0. The zero-order valence-corrected chi connectivity index (χ0v) is 14.8. The molecule has 4 rings (SSSR count). The molecule has 136 valence electrons. The van der Waals surface area contributed by atoms with Gasteiger partial charge in [-0.25, -0.2) is 4.68 Å². The van der Waals surface area contributed by atoms with Gasteiger partial charge >= 0.3 is 0 Å². The lowest BCUT2D eigenvalue weighted by atomic mass is 10.1. The monoisotopic (exact) mass is 362 g/mol. The molecule has 0 atom stereocenters. The average molecular weight is 362 g/mol. The van der Waals surface area contributed by atoms with Crippen molar-refractivity contribution in [3.63, 3.8) is 0 Å². The number of hydrogen-bond donors (Lipinski definition) is 1. The van der Waals surface area contributed by atoms with Gasteiger partial charge in [0.1, 0.15) is 0 Å². The summed E-state index contributed by atoms with van der Waals surface area (Å²) >= 11 is 0. The van der Waals surface area contributed by atoms with Crippen molar-refractivity contribution in [3.8, 4) is 5.69 Å². The maximum absolute atomic E-state index is 12.8. The number of nitrogens with zero attached hydrogens (tertiary/aromatic N) is 3. The number of amides is 1. The van der Waals surface area contributed by atoms with Crippen LogP contribution < -0.4 is 5.32 Å². The zero-order valence-electron chi connectivity index (χ0n) is 14.8. The van der Waals surface area contributed by atoms with E-state index in [0.29, 0.717) is 17.2 Å². The number of nitro groups is 1. The van der Waals surface area contributed by atoms with Gasteiger partial charge in [-0.05, 0) is 43.5 Å². The van der Waals surface area contributed by atoms with E-state index in [1.807, 2.05) is 35.9 Å². The molecule has 0 radical (unpaired) electrons. The molecule has 0 saturated heterocycles. The Morgan fingerprint density at radius 2 is 1.89 bits per heavy atom. The summed E-state index contributed by atoms with van der Waals surface area (Å²) < 4.78 is 1.86. The maximum atomic E-state index is 12.8. The van der Waals surface area contributed by atoms with Crippen LogP contribution in [-0.4, -0.2) is 20.6 Å². The van der Waals surface area contributed by atoms with Crippen molar-refractivity contribution < 1.29 is 9.72 Å². The van der Waals surface area contributed by atoms with Crippen molar-refractivity contribution >= 4 is 17.3 Å². The summed E-state index contributed by atoms with van der Waals surface area (Å²) in [6.45, 7) is 2.02. The minimum absolute atomic E-state index is 0.0148. The lowest BCUT2D eigenvalue weighted by Crippen LogP contribution is -2.14. The maximum Gasteiger partial charge on any atom is 0.269 e. The van der Waals surface area contributed by atoms with Gasteiger partial charge < -0.3 is 5.32 Å². The molecule has 1 heterocycles. The quantitative estimate of drug-likeness (QED) is 0.543. The van der Waals surface area contributed by atoms with Gasteiger partial charge in [0, 0.05) is 23.7 Å². The van der Waals surface area contributed by atoms with Crippen LogP contribution in [0.5, 0.6) is 0 Å². The Hall–Kier alpha value is -3.48. The van der Waals surface area contributed by atoms with Crippen LogP contribution in [0.3, 0.4) is 0 Å². The number of aromatic nitrogens is 2. The number of benzene rings is 2. The van der Waals surface area contributed by atoms with Crippen LogP contribution in [0.2, 0.25) is 0 Å². The van der Waals surface area contributed by atoms with E-state index >= 15 is 0 Å². The number of aryl methyl sites for hydroxylation is 1. The fourth-order valence-electron chi connectivity index (χ4n) is 3.14. The summed E-state index contributed by atoms with van der Waals surface area (Å²) in [5.74, 6) is 0.0651. The molecular weight excluding hydrogens is 344 g/mol. The van der Waals surface area contributed by atoms with Crippen LogP contribution in [0.15, 0.2) is 54.7 Å². The summed E-state index contributed by atoms with van der Waals surface area (Å²) in [6.07, 6.45) is 3.67. The van der Waals surface area contributed by atoms with Gasteiger partial charge in [0.2, 0.25) is 0 Å². The summed E-state index contributed by atoms with van der Waals surface area (Å²) in [7, 11) is 0. The molecule has 7 nitrogen and oxygen atoms in total. The fraction of sp³-hybridized carbons (Fsp3) is 0.200. The minimum Gasteiger partial charge on any atom is -0.322 e. The molecule has 1 aliphatic rings. The second kappa shape index (κ2) is 6.68. The van der Waals surface area contributed by atoms with Crippen molar-refractivity contribution in [3.05, 3.63) is 81.7 Å². The fourth-order valence-corrected chi connectivity index (χ4v) is 3.14. The van der Waals surface area contributed by atoms with Gasteiger partial charge in [-0.3, -0.25) is 14.9 Å². The summed E-state index contributed by atoms with van der Waals surface area (Å²) in [6, 6.07) is 13.7. The van der Waals surface area contributed by atoms with E-state index in [4.69, 9.17) is 0 Å². The normalized spacial score (nSPS) is 13.4. The Morgan fingerprint density at radius 3 is 2.52 bits per heavy atom. The first-order chi connectivity index (χ1) is 13.0. The van der Waals surface area contributed by atoms with E-state index in [1.54, 1.807) is 6.20 Å². The van der Waals surface area contributed by atoms with Crippen LogP contribution in [0, 0.1) is 17.0 Å². The molecule has 27 heavy (non-hydrogen) atoms. The molecule has 2 aromatic carbocycles. The third-order valence-corrected chi connectivity index (χ3v) is 4.69. The number of carbonyl (C=O) groups is 1. The lowest BCUT2D eigenvalue weighted by Gasteiger charge is -2.11. The summed E-state index contributed by atoms with van der Waals surface area (Å²) in [5.41, 5.74) is 4.01. The molecule has 0 bridgehead atoms. The highest BCUT2D eigenvalue weighted by Crippen LogP contribution is 2.42.